The van der Waals surface area contributed by atoms with E-state index < -0.39 is 0 Å². The summed E-state index contributed by atoms with van der Waals surface area (Å²) in [5, 5.41) is 11.5. The monoisotopic (exact) mass is 349 g/mol. The molecule has 20 heavy (non-hydrogen) atoms. The molecule has 0 bridgehead atoms. The lowest BCUT2D eigenvalue weighted by molar-refractivity contribution is 0.296. The zero-order valence-electron chi connectivity index (χ0n) is 11.1. The van der Waals surface area contributed by atoms with Crippen LogP contribution >= 0.6 is 27.3 Å². The minimum atomic E-state index is 0.328. The van der Waals surface area contributed by atoms with E-state index >= 15 is 0 Å². The maximum absolute atomic E-state index is 9.34. The molecule has 0 atom stereocenters. The van der Waals surface area contributed by atoms with Gasteiger partial charge in [0.15, 0.2) is 0 Å². The molecule has 1 aliphatic heterocycles. The third kappa shape index (κ3) is 3.14. The maximum atomic E-state index is 9.34. The molecule has 4 heteroatoms. The summed E-state index contributed by atoms with van der Waals surface area (Å²) in [6.07, 6.45) is 3.37. The summed E-state index contributed by atoms with van der Waals surface area (Å²) in [4.78, 5) is 3.85. The van der Waals surface area contributed by atoms with Crippen LogP contribution in [0.1, 0.15) is 16.9 Å². The van der Waals surface area contributed by atoms with Gasteiger partial charge in [0.2, 0.25) is 0 Å². The number of aromatic hydroxyl groups is 1. The molecule has 0 saturated carbocycles. The van der Waals surface area contributed by atoms with Crippen LogP contribution in [0.5, 0.6) is 5.75 Å². The summed E-state index contributed by atoms with van der Waals surface area (Å²) in [5.41, 5.74) is 2.60. The number of benzene rings is 1. The summed E-state index contributed by atoms with van der Waals surface area (Å²) in [6, 6.07) is 9.61. The molecule has 3 rings (SSSR count). The lowest BCUT2D eigenvalue weighted by Crippen LogP contribution is -2.27. The average Bonchev–Trinajstić information content (AvgIpc) is 2.86. The number of hydrogen-bond donors (Lipinski definition) is 1. The van der Waals surface area contributed by atoms with Crippen LogP contribution in [-0.4, -0.2) is 23.1 Å². The van der Waals surface area contributed by atoms with Gasteiger partial charge in [0.25, 0.3) is 0 Å². The van der Waals surface area contributed by atoms with Gasteiger partial charge in [0, 0.05) is 29.0 Å². The third-order valence-corrected chi connectivity index (χ3v) is 5.50. The van der Waals surface area contributed by atoms with Gasteiger partial charge < -0.3 is 5.11 Å². The molecule has 0 fully saturated rings. The Kier molecular flexibility index (Phi) is 4.24. The van der Waals surface area contributed by atoms with Gasteiger partial charge in [0.05, 0.1) is 0 Å². The van der Waals surface area contributed by atoms with Gasteiger partial charge in [-0.25, -0.2) is 0 Å². The van der Waals surface area contributed by atoms with E-state index in [0.29, 0.717) is 5.75 Å². The van der Waals surface area contributed by atoms with Crippen molar-refractivity contribution in [3.8, 4) is 5.75 Å². The van der Waals surface area contributed by atoms with Crippen LogP contribution in [-0.2, 0) is 6.54 Å². The summed E-state index contributed by atoms with van der Waals surface area (Å²) in [6.45, 7) is 3.08. The Labute approximate surface area is 131 Å². The van der Waals surface area contributed by atoms with Crippen molar-refractivity contribution in [1.82, 2.24) is 4.90 Å². The van der Waals surface area contributed by atoms with Crippen LogP contribution < -0.4 is 0 Å². The summed E-state index contributed by atoms with van der Waals surface area (Å²) >= 11 is 5.40. The highest BCUT2D eigenvalue weighted by molar-refractivity contribution is 9.10. The van der Waals surface area contributed by atoms with E-state index in [4.69, 9.17) is 0 Å². The molecule has 1 N–H and O–H groups in total. The molecule has 1 aliphatic rings. The molecule has 2 aromatic rings. The van der Waals surface area contributed by atoms with Gasteiger partial charge >= 0.3 is 0 Å². The first-order valence-electron chi connectivity index (χ1n) is 6.65. The Morgan fingerprint density at radius 1 is 1.20 bits per heavy atom. The molecule has 2 heterocycles. The van der Waals surface area contributed by atoms with Crippen molar-refractivity contribution in [3.63, 3.8) is 0 Å². The average molecular weight is 350 g/mol. The van der Waals surface area contributed by atoms with Crippen molar-refractivity contribution >= 4 is 32.8 Å². The molecule has 1 aromatic heterocycles. The minimum Gasteiger partial charge on any atom is -0.508 e. The van der Waals surface area contributed by atoms with Crippen LogP contribution in [0, 0.1) is 0 Å². The van der Waals surface area contributed by atoms with Crippen LogP contribution in [0.2, 0.25) is 0 Å². The largest absolute Gasteiger partial charge is 0.508 e. The van der Waals surface area contributed by atoms with Gasteiger partial charge in [-0.15, -0.1) is 11.3 Å². The fraction of sp³-hybridized carbons (Fsp3) is 0.250. The lowest BCUT2D eigenvalue weighted by Gasteiger charge is -2.26. The standard InChI is InChI=1S/C16H16BrNOS/c17-15-7-10-20-16(15)11-18-8-5-13(6-9-18)12-1-3-14(19)4-2-12/h1-5,7,10,19H,6,8-9,11H2. The normalized spacial score (nSPS) is 16.1. The number of halogens is 1. The van der Waals surface area contributed by atoms with E-state index in [0.717, 1.165) is 26.1 Å². The van der Waals surface area contributed by atoms with Gasteiger partial charge in [0.1, 0.15) is 5.75 Å². The Balaban J connectivity index is 1.66. The Morgan fingerprint density at radius 3 is 2.60 bits per heavy atom. The van der Waals surface area contributed by atoms with Crippen molar-refractivity contribution in [3.05, 3.63) is 56.7 Å². The van der Waals surface area contributed by atoms with E-state index in [9.17, 15) is 5.11 Å². The highest BCUT2D eigenvalue weighted by Gasteiger charge is 2.14. The first-order valence-corrected chi connectivity index (χ1v) is 8.32. The molecular weight excluding hydrogens is 334 g/mol. The van der Waals surface area contributed by atoms with Crippen molar-refractivity contribution in [1.29, 1.82) is 0 Å². The number of nitrogens with zero attached hydrogens (tertiary/aromatic N) is 1. The Hall–Kier alpha value is -1.10. The van der Waals surface area contributed by atoms with Crippen molar-refractivity contribution in [2.75, 3.05) is 13.1 Å². The molecule has 0 amide bonds. The van der Waals surface area contributed by atoms with E-state index in [1.54, 1.807) is 23.5 Å². The highest BCUT2D eigenvalue weighted by Crippen LogP contribution is 2.28. The predicted octanol–water partition coefficient (Wildman–Crippen LogP) is 4.51. The van der Waals surface area contributed by atoms with Crippen LogP contribution in [0.4, 0.5) is 0 Å². The minimum absolute atomic E-state index is 0.328. The molecule has 1 aromatic carbocycles. The van der Waals surface area contributed by atoms with Crippen LogP contribution in [0.3, 0.4) is 0 Å². The number of hydrogen-bond acceptors (Lipinski definition) is 3. The maximum Gasteiger partial charge on any atom is 0.115 e. The Bertz CT molecular complexity index is 618. The zero-order chi connectivity index (χ0) is 13.9. The van der Waals surface area contributed by atoms with E-state index in [1.165, 1.54) is 20.5 Å². The smallest absolute Gasteiger partial charge is 0.115 e. The highest BCUT2D eigenvalue weighted by atomic mass is 79.9. The Morgan fingerprint density at radius 2 is 2.00 bits per heavy atom. The first kappa shape index (κ1) is 13.9. The van der Waals surface area contributed by atoms with E-state index in [-0.39, 0.29) is 0 Å². The molecule has 0 aliphatic carbocycles. The molecular formula is C16H16BrNOS. The summed E-state index contributed by atoms with van der Waals surface area (Å²) in [7, 11) is 0. The number of thiophene rings is 1. The van der Waals surface area contributed by atoms with Crippen LogP contribution in [0.15, 0.2) is 46.3 Å². The van der Waals surface area contributed by atoms with E-state index in [1.807, 2.05) is 12.1 Å². The van der Waals surface area contributed by atoms with Crippen molar-refractivity contribution in [2.45, 2.75) is 13.0 Å². The zero-order valence-corrected chi connectivity index (χ0v) is 13.5. The van der Waals surface area contributed by atoms with E-state index in [2.05, 4.69) is 38.4 Å². The molecule has 0 unspecified atom stereocenters. The van der Waals surface area contributed by atoms with Gasteiger partial charge in [-0.3, -0.25) is 4.90 Å². The number of phenols is 1. The topological polar surface area (TPSA) is 23.5 Å². The van der Waals surface area contributed by atoms with Crippen molar-refractivity contribution in [2.24, 2.45) is 0 Å². The molecule has 0 saturated heterocycles. The fourth-order valence-electron chi connectivity index (χ4n) is 2.43. The van der Waals surface area contributed by atoms with Gasteiger partial charge in [-0.2, -0.15) is 0 Å². The fourth-order valence-corrected chi connectivity index (χ4v) is 3.95. The SMILES string of the molecule is Oc1ccc(C2=CCN(Cc3sccc3Br)CC2)cc1. The first-order chi connectivity index (χ1) is 9.72. The number of rotatable bonds is 3. The summed E-state index contributed by atoms with van der Waals surface area (Å²) in [5.74, 6) is 0.328. The van der Waals surface area contributed by atoms with Crippen molar-refractivity contribution < 1.29 is 5.11 Å². The quantitative estimate of drug-likeness (QED) is 0.881. The summed E-state index contributed by atoms with van der Waals surface area (Å²) < 4.78 is 1.22. The molecule has 0 spiro atoms. The predicted molar refractivity (Wildman–Crippen MR) is 88.0 cm³/mol. The van der Waals surface area contributed by atoms with Gasteiger partial charge in [-0.1, -0.05) is 18.2 Å². The second-order valence-corrected chi connectivity index (χ2v) is 6.81. The third-order valence-electron chi connectivity index (χ3n) is 3.59. The second-order valence-electron chi connectivity index (χ2n) is 4.95. The van der Waals surface area contributed by atoms with Gasteiger partial charge in [-0.05, 0) is 57.1 Å². The number of phenolic OH excluding ortho intramolecular Hbond substituents is 1. The lowest BCUT2D eigenvalue weighted by atomic mass is 9.99. The second kappa shape index (κ2) is 6.12. The molecule has 0 radical (unpaired) electrons. The van der Waals surface area contributed by atoms with Crippen LogP contribution in [0.25, 0.3) is 5.57 Å². The molecule has 104 valence electrons. The molecule has 2 nitrogen and oxygen atoms in total.